The second kappa shape index (κ2) is 14.6. The number of aliphatic hydroxyl groups excluding tert-OH is 4. The predicted molar refractivity (Wildman–Crippen MR) is 118 cm³/mol. The van der Waals surface area contributed by atoms with Crippen molar-refractivity contribution in [1.82, 2.24) is 0 Å². The molecule has 7 heteroatoms. The summed E-state index contributed by atoms with van der Waals surface area (Å²) in [6.07, 6.45) is 6.38. The van der Waals surface area contributed by atoms with E-state index in [0.29, 0.717) is 12.4 Å². The Hall–Kier alpha value is -1.38. The molecule has 178 valence electrons. The second-order valence-electron chi connectivity index (χ2n) is 8.32. The molecule has 4 N–H and O–H groups in total. The minimum atomic E-state index is -1.46. The van der Waals surface area contributed by atoms with Crippen molar-refractivity contribution in [1.29, 1.82) is 0 Å². The Kier molecular flexibility index (Phi) is 12.2. The van der Waals surface area contributed by atoms with Crippen LogP contribution in [-0.2, 0) is 4.74 Å². The zero-order valence-corrected chi connectivity index (χ0v) is 18.7. The first-order valence-electron chi connectivity index (χ1n) is 11.8. The lowest BCUT2D eigenvalue weighted by Gasteiger charge is -2.39. The highest BCUT2D eigenvalue weighted by Crippen LogP contribution is 2.25. The highest BCUT2D eigenvalue weighted by molar-refractivity contribution is 5.31. The maximum absolute atomic E-state index is 10.0. The maximum Gasteiger partial charge on any atom is 0.229 e. The van der Waals surface area contributed by atoms with E-state index >= 15 is 0 Å². The molecule has 5 atom stereocenters. The molecular weight excluding hydrogens is 400 g/mol. The highest BCUT2D eigenvalue weighted by atomic mass is 16.7. The van der Waals surface area contributed by atoms with E-state index in [1.807, 2.05) is 0 Å². The van der Waals surface area contributed by atoms with Gasteiger partial charge in [0.05, 0.1) is 13.2 Å². The Balaban J connectivity index is 1.60. The van der Waals surface area contributed by atoms with E-state index in [0.717, 1.165) is 12.2 Å². The van der Waals surface area contributed by atoms with Crippen LogP contribution < -0.4 is 9.47 Å². The van der Waals surface area contributed by atoms with E-state index in [-0.39, 0.29) is 0 Å². The van der Waals surface area contributed by atoms with Gasteiger partial charge in [-0.3, -0.25) is 0 Å². The normalized spacial score (nSPS) is 26.0. The number of ether oxygens (including phenoxy) is 3. The molecule has 0 aromatic heterocycles. The molecule has 0 amide bonds. The zero-order valence-electron chi connectivity index (χ0n) is 18.7. The Morgan fingerprint density at radius 1 is 0.742 bits per heavy atom. The van der Waals surface area contributed by atoms with Crippen molar-refractivity contribution in [2.75, 3.05) is 13.2 Å². The van der Waals surface area contributed by atoms with Gasteiger partial charge < -0.3 is 34.6 Å². The van der Waals surface area contributed by atoms with Crippen molar-refractivity contribution < 1.29 is 34.6 Å². The van der Waals surface area contributed by atoms with Gasteiger partial charge in [-0.2, -0.15) is 0 Å². The fourth-order valence-electron chi connectivity index (χ4n) is 3.69. The van der Waals surface area contributed by atoms with Crippen LogP contribution in [0.5, 0.6) is 11.5 Å². The average molecular weight is 441 g/mol. The Morgan fingerprint density at radius 2 is 1.29 bits per heavy atom. The third-order valence-electron chi connectivity index (χ3n) is 5.69. The molecule has 0 spiro atoms. The van der Waals surface area contributed by atoms with E-state index in [2.05, 4.69) is 6.92 Å². The van der Waals surface area contributed by atoms with Crippen molar-refractivity contribution in [3.05, 3.63) is 24.3 Å². The van der Waals surface area contributed by atoms with Crippen molar-refractivity contribution in [2.45, 2.75) is 102 Å². The lowest BCUT2D eigenvalue weighted by molar-refractivity contribution is -0.277. The number of hydrogen-bond acceptors (Lipinski definition) is 7. The Labute approximate surface area is 186 Å². The zero-order chi connectivity index (χ0) is 22.5. The Bertz CT molecular complexity index is 578. The fraction of sp³-hybridized carbons (Fsp3) is 0.750. The van der Waals surface area contributed by atoms with Crippen LogP contribution in [0, 0.1) is 0 Å². The molecule has 2 rings (SSSR count). The summed E-state index contributed by atoms with van der Waals surface area (Å²) in [5.41, 5.74) is 0. The molecule has 1 aromatic carbocycles. The van der Waals surface area contributed by atoms with Crippen molar-refractivity contribution in [3.63, 3.8) is 0 Å². The predicted octanol–water partition coefficient (Wildman–Crippen LogP) is 3.17. The molecule has 0 saturated carbocycles. The SMILES string of the molecule is CCCCCCCCCCCCOc1ccc(O[C@@H]2O[C@H](CO)[C@@H](O)[C@H](O)[C@H]2O)cc1. The molecule has 1 aliphatic heterocycles. The van der Waals surface area contributed by atoms with Crippen LogP contribution in [0.25, 0.3) is 0 Å². The van der Waals surface area contributed by atoms with Crippen molar-refractivity contribution in [3.8, 4) is 11.5 Å². The van der Waals surface area contributed by atoms with Gasteiger partial charge in [0.1, 0.15) is 35.9 Å². The lowest BCUT2D eigenvalue weighted by Crippen LogP contribution is -2.60. The first-order valence-corrected chi connectivity index (χ1v) is 11.8. The summed E-state index contributed by atoms with van der Waals surface area (Å²) >= 11 is 0. The van der Waals surface area contributed by atoms with E-state index in [1.54, 1.807) is 24.3 Å². The summed E-state index contributed by atoms with van der Waals surface area (Å²) < 4.78 is 16.7. The third kappa shape index (κ3) is 8.94. The molecule has 1 aliphatic rings. The summed E-state index contributed by atoms with van der Waals surface area (Å²) in [6.45, 7) is 2.43. The summed E-state index contributed by atoms with van der Waals surface area (Å²) in [7, 11) is 0. The second-order valence-corrected chi connectivity index (χ2v) is 8.32. The van der Waals surface area contributed by atoms with Gasteiger partial charge in [0.25, 0.3) is 0 Å². The molecule has 0 unspecified atom stereocenters. The summed E-state index contributed by atoms with van der Waals surface area (Å²) in [4.78, 5) is 0. The van der Waals surface area contributed by atoms with Crippen LogP contribution in [0.2, 0.25) is 0 Å². The molecule has 1 fully saturated rings. The van der Waals surface area contributed by atoms with Gasteiger partial charge in [0.15, 0.2) is 0 Å². The lowest BCUT2D eigenvalue weighted by atomic mass is 9.99. The van der Waals surface area contributed by atoms with E-state index in [4.69, 9.17) is 14.2 Å². The largest absolute Gasteiger partial charge is 0.494 e. The molecule has 31 heavy (non-hydrogen) atoms. The maximum atomic E-state index is 10.0. The van der Waals surface area contributed by atoms with Crippen LogP contribution in [0.1, 0.15) is 71.1 Å². The molecule has 1 heterocycles. The summed E-state index contributed by atoms with van der Waals surface area (Å²) in [5, 5.41) is 38.9. The van der Waals surface area contributed by atoms with Crippen LogP contribution >= 0.6 is 0 Å². The summed E-state index contributed by atoms with van der Waals surface area (Å²) in [5.74, 6) is 1.16. The van der Waals surface area contributed by atoms with E-state index in [1.165, 1.54) is 57.8 Å². The molecule has 0 aliphatic carbocycles. The Morgan fingerprint density at radius 3 is 1.87 bits per heavy atom. The number of aliphatic hydroxyl groups is 4. The number of rotatable bonds is 15. The van der Waals surface area contributed by atoms with Gasteiger partial charge in [-0.05, 0) is 30.7 Å². The molecular formula is C24H40O7. The van der Waals surface area contributed by atoms with Gasteiger partial charge in [-0.15, -0.1) is 0 Å². The summed E-state index contributed by atoms with van der Waals surface area (Å²) in [6, 6.07) is 6.93. The number of unbranched alkanes of at least 4 members (excludes halogenated alkanes) is 9. The van der Waals surface area contributed by atoms with Crippen LogP contribution in [0.4, 0.5) is 0 Å². The van der Waals surface area contributed by atoms with Gasteiger partial charge in [0.2, 0.25) is 6.29 Å². The topological polar surface area (TPSA) is 109 Å². The van der Waals surface area contributed by atoms with Gasteiger partial charge in [-0.25, -0.2) is 0 Å². The van der Waals surface area contributed by atoms with Crippen LogP contribution in [0.15, 0.2) is 24.3 Å². The highest BCUT2D eigenvalue weighted by Gasteiger charge is 2.44. The molecule has 1 saturated heterocycles. The standard InChI is InChI=1S/C24H40O7/c1-2-3-4-5-6-7-8-9-10-11-16-29-18-12-14-19(15-13-18)30-24-23(28)22(27)21(26)20(17-25)31-24/h12-15,20-28H,2-11,16-17H2,1H3/t20-,21-,22+,23-,24-/m1/s1. The molecule has 1 aromatic rings. The van der Waals surface area contributed by atoms with Crippen LogP contribution in [0.3, 0.4) is 0 Å². The fourth-order valence-corrected chi connectivity index (χ4v) is 3.69. The minimum Gasteiger partial charge on any atom is -0.494 e. The van der Waals surface area contributed by atoms with Gasteiger partial charge in [0, 0.05) is 0 Å². The van der Waals surface area contributed by atoms with Gasteiger partial charge >= 0.3 is 0 Å². The average Bonchev–Trinajstić information content (AvgIpc) is 2.79. The number of hydrogen-bond donors (Lipinski definition) is 4. The third-order valence-corrected chi connectivity index (χ3v) is 5.69. The van der Waals surface area contributed by atoms with E-state index < -0.39 is 37.3 Å². The van der Waals surface area contributed by atoms with Crippen LogP contribution in [-0.4, -0.2) is 64.3 Å². The smallest absolute Gasteiger partial charge is 0.229 e. The number of benzene rings is 1. The minimum absolute atomic E-state index is 0.426. The quantitative estimate of drug-likeness (QED) is 0.310. The first kappa shape index (κ1) is 25.9. The van der Waals surface area contributed by atoms with Gasteiger partial charge in [-0.1, -0.05) is 64.7 Å². The molecule has 7 nitrogen and oxygen atoms in total. The van der Waals surface area contributed by atoms with Crippen molar-refractivity contribution in [2.24, 2.45) is 0 Å². The first-order chi connectivity index (χ1) is 15.1. The molecule has 0 radical (unpaired) electrons. The monoisotopic (exact) mass is 440 g/mol. The molecule has 0 bridgehead atoms. The van der Waals surface area contributed by atoms with E-state index in [9.17, 15) is 20.4 Å². The van der Waals surface area contributed by atoms with Crippen molar-refractivity contribution >= 4 is 0 Å².